The Labute approximate surface area is 118 Å². The van der Waals surface area contributed by atoms with Crippen molar-refractivity contribution in [2.24, 2.45) is 0 Å². The van der Waals surface area contributed by atoms with Gasteiger partial charge in [0.1, 0.15) is 11.6 Å². The summed E-state index contributed by atoms with van der Waals surface area (Å²) in [6.45, 7) is 0.0982. The van der Waals surface area contributed by atoms with Crippen molar-refractivity contribution >= 4 is 16.6 Å². The highest BCUT2D eigenvalue weighted by atomic mass is 19.1. The van der Waals surface area contributed by atoms with Gasteiger partial charge in [-0.2, -0.15) is 0 Å². The third-order valence-electron chi connectivity index (χ3n) is 3.34. The van der Waals surface area contributed by atoms with E-state index in [-0.39, 0.29) is 23.6 Å². The molecule has 0 saturated carbocycles. The second kappa shape index (κ2) is 4.97. The number of nitrogens with zero attached hydrogens (tertiary/aromatic N) is 2. The molecule has 3 aromatic rings. The molecule has 0 aliphatic heterocycles. The molecule has 2 aromatic carbocycles. The lowest BCUT2D eigenvalue weighted by molar-refractivity contribution is -0.385. The molecule has 1 heterocycles. The minimum atomic E-state index is -0.555. The zero-order valence-corrected chi connectivity index (χ0v) is 10.8. The van der Waals surface area contributed by atoms with Crippen molar-refractivity contribution in [2.75, 3.05) is 0 Å². The van der Waals surface area contributed by atoms with Gasteiger partial charge in [-0.05, 0) is 30.3 Å². The smallest absolute Gasteiger partial charge is 0.274 e. The number of rotatable bonds is 3. The predicted molar refractivity (Wildman–Crippen MR) is 74.1 cm³/mol. The first kappa shape index (κ1) is 13.2. The first-order valence-electron chi connectivity index (χ1n) is 6.22. The fourth-order valence-corrected chi connectivity index (χ4v) is 2.37. The van der Waals surface area contributed by atoms with E-state index < -0.39 is 10.7 Å². The molecule has 1 aromatic heterocycles. The van der Waals surface area contributed by atoms with Crippen LogP contribution in [0.1, 0.15) is 5.56 Å². The number of aromatic nitrogens is 1. The molecule has 0 radical (unpaired) electrons. The summed E-state index contributed by atoms with van der Waals surface area (Å²) >= 11 is 0. The number of fused-ring (bicyclic) bond motifs is 1. The molecule has 0 aliphatic rings. The van der Waals surface area contributed by atoms with Crippen LogP contribution in [-0.2, 0) is 6.54 Å². The predicted octanol–water partition coefficient (Wildman–Crippen LogP) is 3.88. The minimum Gasteiger partial charge on any atom is -0.343 e. The molecule has 0 fully saturated rings. The molecule has 0 aliphatic carbocycles. The molecule has 106 valence electrons. The van der Waals surface area contributed by atoms with Gasteiger partial charge >= 0.3 is 0 Å². The second-order valence-corrected chi connectivity index (χ2v) is 4.65. The van der Waals surface area contributed by atoms with Gasteiger partial charge in [-0.25, -0.2) is 8.78 Å². The summed E-state index contributed by atoms with van der Waals surface area (Å²) in [5.74, 6) is -0.904. The first-order chi connectivity index (χ1) is 10.1. The number of benzene rings is 2. The molecule has 6 heteroatoms. The molecular weight excluding hydrogens is 278 g/mol. The maximum atomic E-state index is 13.6. The normalized spacial score (nSPS) is 11.0. The fourth-order valence-electron chi connectivity index (χ4n) is 2.37. The van der Waals surface area contributed by atoms with Crippen LogP contribution in [0.25, 0.3) is 10.9 Å². The number of halogens is 2. The van der Waals surface area contributed by atoms with E-state index in [1.165, 1.54) is 6.07 Å². The third-order valence-corrected chi connectivity index (χ3v) is 3.34. The highest BCUT2D eigenvalue weighted by molar-refractivity contribution is 5.80. The summed E-state index contributed by atoms with van der Waals surface area (Å²) in [5.41, 5.74) is 0.685. The van der Waals surface area contributed by atoms with Gasteiger partial charge < -0.3 is 4.57 Å². The van der Waals surface area contributed by atoms with Crippen molar-refractivity contribution in [3.8, 4) is 0 Å². The Kier molecular flexibility index (Phi) is 3.13. The van der Waals surface area contributed by atoms with Crippen molar-refractivity contribution in [3.63, 3.8) is 0 Å². The van der Waals surface area contributed by atoms with Gasteiger partial charge in [-0.1, -0.05) is 6.07 Å². The second-order valence-electron chi connectivity index (χ2n) is 4.65. The zero-order valence-electron chi connectivity index (χ0n) is 10.8. The summed E-state index contributed by atoms with van der Waals surface area (Å²) < 4.78 is 28.6. The highest BCUT2D eigenvalue weighted by Crippen LogP contribution is 2.24. The van der Waals surface area contributed by atoms with Crippen LogP contribution in [0.3, 0.4) is 0 Å². The van der Waals surface area contributed by atoms with Gasteiger partial charge in [0.15, 0.2) is 0 Å². The molecule has 0 atom stereocenters. The standard InChI is InChI=1S/C15H10F2N2O2/c16-11-4-5-14(19(20)21)10(8-11)9-18-7-6-12-13(17)2-1-3-15(12)18/h1-8H,9H2. The lowest BCUT2D eigenvalue weighted by atomic mass is 10.1. The van der Waals surface area contributed by atoms with E-state index >= 15 is 0 Å². The van der Waals surface area contributed by atoms with Crippen molar-refractivity contribution < 1.29 is 13.7 Å². The van der Waals surface area contributed by atoms with Crippen molar-refractivity contribution in [1.82, 2.24) is 4.57 Å². The van der Waals surface area contributed by atoms with Gasteiger partial charge in [0.2, 0.25) is 0 Å². The van der Waals surface area contributed by atoms with Crippen LogP contribution in [0.4, 0.5) is 14.5 Å². The maximum absolute atomic E-state index is 13.6. The van der Waals surface area contributed by atoms with Gasteiger partial charge in [-0.3, -0.25) is 10.1 Å². The molecule has 0 spiro atoms. The topological polar surface area (TPSA) is 48.1 Å². The van der Waals surface area contributed by atoms with Crippen LogP contribution < -0.4 is 0 Å². The van der Waals surface area contributed by atoms with Crippen LogP contribution in [0.5, 0.6) is 0 Å². The highest BCUT2D eigenvalue weighted by Gasteiger charge is 2.16. The molecule has 0 saturated heterocycles. The lowest BCUT2D eigenvalue weighted by Crippen LogP contribution is -2.03. The fraction of sp³-hybridized carbons (Fsp3) is 0.0667. The Morgan fingerprint density at radius 2 is 1.95 bits per heavy atom. The molecule has 21 heavy (non-hydrogen) atoms. The summed E-state index contributed by atoms with van der Waals surface area (Å²) in [5, 5.41) is 11.4. The monoisotopic (exact) mass is 288 g/mol. The van der Waals surface area contributed by atoms with Gasteiger partial charge in [0, 0.05) is 17.6 Å². The molecular formula is C15H10F2N2O2. The Morgan fingerprint density at radius 3 is 2.71 bits per heavy atom. The van der Waals surface area contributed by atoms with Crippen LogP contribution in [0.15, 0.2) is 48.7 Å². The summed E-state index contributed by atoms with van der Waals surface area (Å²) in [7, 11) is 0. The third kappa shape index (κ3) is 2.35. The van der Waals surface area contributed by atoms with E-state index in [9.17, 15) is 18.9 Å². The van der Waals surface area contributed by atoms with E-state index in [4.69, 9.17) is 0 Å². The Bertz CT molecular complexity index is 843. The van der Waals surface area contributed by atoms with Crippen LogP contribution in [0, 0.1) is 21.7 Å². The molecule has 4 nitrogen and oxygen atoms in total. The largest absolute Gasteiger partial charge is 0.343 e. The Balaban J connectivity index is 2.09. The number of nitro benzene ring substituents is 1. The van der Waals surface area contributed by atoms with Crippen molar-refractivity contribution in [1.29, 1.82) is 0 Å². The van der Waals surface area contributed by atoms with Crippen molar-refractivity contribution in [3.05, 3.63) is 76.0 Å². The quantitative estimate of drug-likeness (QED) is 0.542. The lowest BCUT2D eigenvalue weighted by Gasteiger charge is -2.07. The van der Waals surface area contributed by atoms with Crippen LogP contribution >= 0.6 is 0 Å². The van der Waals surface area contributed by atoms with Crippen LogP contribution in [0.2, 0.25) is 0 Å². The number of hydrogen-bond donors (Lipinski definition) is 0. The van der Waals surface area contributed by atoms with Gasteiger partial charge in [-0.15, -0.1) is 0 Å². The average Bonchev–Trinajstić information content (AvgIpc) is 2.83. The van der Waals surface area contributed by atoms with E-state index in [1.807, 2.05) is 0 Å². The van der Waals surface area contributed by atoms with E-state index in [2.05, 4.69) is 0 Å². The average molecular weight is 288 g/mol. The molecule has 0 unspecified atom stereocenters. The van der Waals surface area contributed by atoms with Crippen molar-refractivity contribution in [2.45, 2.75) is 6.54 Å². The van der Waals surface area contributed by atoms with Gasteiger partial charge in [0.05, 0.1) is 22.5 Å². The SMILES string of the molecule is O=[N+]([O-])c1ccc(F)cc1Cn1ccc2c(F)cccc21. The minimum absolute atomic E-state index is 0.0982. The summed E-state index contributed by atoms with van der Waals surface area (Å²) in [6.07, 6.45) is 1.63. The Morgan fingerprint density at radius 1 is 1.14 bits per heavy atom. The first-order valence-corrected chi connectivity index (χ1v) is 6.22. The molecule has 0 amide bonds. The van der Waals surface area contributed by atoms with E-state index in [1.54, 1.807) is 29.0 Å². The summed E-state index contributed by atoms with van der Waals surface area (Å²) in [6, 6.07) is 9.53. The van der Waals surface area contributed by atoms with Crippen LogP contribution in [-0.4, -0.2) is 9.49 Å². The zero-order chi connectivity index (χ0) is 15.0. The van der Waals surface area contributed by atoms with Gasteiger partial charge in [0.25, 0.3) is 5.69 Å². The summed E-state index contributed by atoms with van der Waals surface area (Å²) in [4.78, 5) is 10.4. The van der Waals surface area contributed by atoms with E-state index in [0.29, 0.717) is 10.9 Å². The molecule has 0 bridgehead atoms. The number of hydrogen-bond acceptors (Lipinski definition) is 2. The Hall–Kier alpha value is -2.76. The molecule has 3 rings (SSSR count). The molecule has 0 N–H and O–H groups in total. The van der Waals surface area contributed by atoms with E-state index in [0.717, 1.165) is 18.2 Å². The number of nitro groups is 1. The maximum Gasteiger partial charge on any atom is 0.274 e.